The lowest BCUT2D eigenvalue weighted by molar-refractivity contribution is -0.118. The van der Waals surface area contributed by atoms with Gasteiger partial charge < -0.3 is 10.1 Å². The lowest BCUT2D eigenvalue weighted by Crippen LogP contribution is -2.41. The molecule has 0 aromatic heterocycles. The molecule has 0 unspecified atom stereocenters. The Morgan fingerprint density at radius 3 is 2.62 bits per heavy atom. The van der Waals surface area contributed by atoms with E-state index in [9.17, 15) is 18.0 Å². The Morgan fingerprint density at radius 1 is 1.10 bits per heavy atom. The summed E-state index contributed by atoms with van der Waals surface area (Å²) in [5, 5.41) is 3.46. The van der Waals surface area contributed by atoms with Gasteiger partial charge in [-0.1, -0.05) is 30.3 Å². The Labute approximate surface area is 226 Å². The summed E-state index contributed by atoms with van der Waals surface area (Å²) in [5.41, 5.74) is 1.37. The van der Waals surface area contributed by atoms with E-state index in [4.69, 9.17) is 4.74 Å². The molecule has 1 aliphatic carbocycles. The fourth-order valence-electron chi connectivity index (χ4n) is 5.56. The minimum atomic E-state index is -4.28. The van der Waals surface area contributed by atoms with Crippen molar-refractivity contribution in [1.29, 1.82) is 0 Å². The predicted molar refractivity (Wildman–Crippen MR) is 145 cm³/mol. The van der Waals surface area contributed by atoms with Gasteiger partial charge in [0.15, 0.2) is 5.82 Å². The minimum Gasteiger partial charge on any atom is -0.487 e. The van der Waals surface area contributed by atoms with Crippen LogP contribution in [0.1, 0.15) is 31.2 Å². The Bertz CT molecular complexity index is 1560. The van der Waals surface area contributed by atoms with Gasteiger partial charge in [0.1, 0.15) is 24.6 Å². The second kappa shape index (κ2) is 9.80. The predicted octanol–water partition coefficient (Wildman–Crippen LogP) is 3.55. The quantitative estimate of drug-likeness (QED) is 0.464. The van der Waals surface area contributed by atoms with Crippen molar-refractivity contribution in [3.8, 4) is 5.75 Å². The zero-order valence-electron chi connectivity index (χ0n) is 21.3. The summed E-state index contributed by atoms with van der Waals surface area (Å²) in [5.74, 6) is -1.77. The number of carbonyl (C=O) groups excluding carboxylic acids is 2. The molecule has 3 aromatic carbocycles. The van der Waals surface area contributed by atoms with Crippen LogP contribution in [-0.2, 0) is 26.4 Å². The molecule has 2 aliphatic heterocycles. The summed E-state index contributed by atoms with van der Waals surface area (Å²) in [6.45, 7) is 1.65. The van der Waals surface area contributed by atoms with Gasteiger partial charge in [0.05, 0.1) is 6.54 Å². The first-order chi connectivity index (χ1) is 18.7. The van der Waals surface area contributed by atoms with Crippen molar-refractivity contribution in [2.75, 3.05) is 35.8 Å². The monoisotopic (exact) mass is 552 g/mol. The standard InChI is InChI=1S/C28H29FN4O5S/c29-26-22-8-7-21(30-24(34)15-32-12-4-9-28(18-32)10-11-28)13-20(22)14-23(38-17-19-5-2-1-3-6-19)27(26)33-16-25(35)31-39(33,36)37/h1-3,5-8,13-14H,4,9-12,15-18H2,(H,30,34)(H,31,35). The number of hydrogen-bond acceptors (Lipinski definition) is 6. The number of nitrogens with zero attached hydrogens (tertiary/aromatic N) is 2. The van der Waals surface area contributed by atoms with E-state index in [1.807, 2.05) is 35.1 Å². The summed E-state index contributed by atoms with van der Waals surface area (Å²) in [6.07, 6.45) is 4.81. The van der Waals surface area contributed by atoms with Crippen molar-refractivity contribution in [1.82, 2.24) is 9.62 Å². The highest BCUT2D eigenvalue weighted by Gasteiger charge is 2.45. The number of piperidine rings is 1. The maximum absolute atomic E-state index is 15.9. The highest BCUT2D eigenvalue weighted by atomic mass is 32.2. The van der Waals surface area contributed by atoms with Crippen molar-refractivity contribution in [3.63, 3.8) is 0 Å². The maximum Gasteiger partial charge on any atom is 0.326 e. The number of nitrogens with one attached hydrogen (secondary N) is 2. The average Bonchev–Trinajstić information content (AvgIpc) is 3.57. The first kappa shape index (κ1) is 25.6. The highest BCUT2D eigenvalue weighted by Crippen LogP contribution is 2.52. The number of halogens is 1. The molecule has 2 heterocycles. The summed E-state index contributed by atoms with van der Waals surface area (Å²) < 4.78 is 49.6. The lowest BCUT2D eigenvalue weighted by Gasteiger charge is -2.32. The molecule has 39 heavy (non-hydrogen) atoms. The number of likely N-dealkylation sites (tertiary alicyclic amines) is 1. The number of hydrogen-bond donors (Lipinski definition) is 2. The molecule has 204 valence electrons. The van der Waals surface area contributed by atoms with Crippen molar-refractivity contribution in [3.05, 3.63) is 66.0 Å². The molecule has 11 heteroatoms. The van der Waals surface area contributed by atoms with Gasteiger partial charge in [-0.2, -0.15) is 8.42 Å². The van der Waals surface area contributed by atoms with Gasteiger partial charge in [-0.15, -0.1) is 0 Å². The zero-order chi connectivity index (χ0) is 27.2. The summed E-state index contributed by atoms with van der Waals surface area (Å²) in [6, 6.07) is 15.4. The molecule has 3 aliphatic rings. The summed E-state index contributed by atoms with van der Waals surface area (Å²) in [7, 11) is -4.28. The topological polar surface area (TPSA) is 108 Å². The van der Waals surface area contributed by atoms with Crippen LogP contribution >= 0.6 is 0 Å². The van der Waals surface area contributed by atoms with Crippen LogP contribution in [0, 0.1) is 11.2 Å². The number of benzene rings is 3. The lowest BCUT2D eigenvalue weighted by atomic mass is 9.95. The average molecular weight is 553 g/mol. The second-order valence-electron chi connectivity index (χ2n) is 10.6. The van der Waals surface area contributed by atoms with E-state index in [1.54, 1.807) is 12.1 Å². The van der Waals surface area contributed by atoms with Crippen LogP contribution in [0.25, 0.3) is 10.8 Å². The van der Waals surface area contributed by atoms with Crippen LogP contribution in [0.5, 0.6) is 5.75 Å². The van der Waals surface area contributed by atoms with Gasteiger partial charge in [-0.25, -0.2) is 13.4 Å². The van der Waals surface area contributed by atoms with Crippen LogP contribution in [0.15, 0.2) is 54.6 Å². The summed E-state index contributed by atoms with van der Waals surface area (Å²) >= 11 is 0. The Hall–Kier alpha value is -3.70. The van der Waals surface area contributed by atoms with Gasteiger partial charge in [0.25, 0.3) is 5.91 Å². The van der Waals surface area contributed by atoms with E-state index in [2.05, 4.69) is 10.2 Å². The van der Waals surface area contributed by atoms with Crippen LogP contribution < -0.4 is 19.1 Å². The fourth-order valence-corrected chi connectivity index (χ4v) is 6.72. The molecule has 1 saturated carbocycles. The molecule has 6 rings (SSSR count). The van der Waals surface area contributed by atoms with Crippen LogP contribution in [0.2, 0.25) is 0 Å². The van der Waals surface area contributed by atoms with Gasteiger partial charge >= 0.3 is 10.2 Å². The molecule has 2 N–H and O–H groups in total. The molecule has 3 fully saturated rings. The maximum atomic E-state index is 15.9. The van der Waals surface area contributed by atoms with Gasteiger partial charge in [-0.05, 0) is 72.9 Å². The molecular weight excluding hydrogens is 523 g/mol. The van der Waals surface area contributed by atoms with Crippen molar-refractivity contribution in [2.24, 2.45) is 5.41 Å². The largest absolute Gasteiger partial charge is 0.487 e. The van der Waals surface area contributed by atoms with E-state index in [1.165, 1.54) is 31.4 Å². The van der Waals surface area contributed by atoms with E-state index >= 15 is 4.39 Å². The van der Waals surface area contributed by atoms with Gasteiger partial charge in [0, 0.05) is 17.6 Å². The number of amides is 2. The van der Waals surface area contributed by atoms with Crippen LogP contribution in [0.4, 0.5) is 15.8 Å². The van der Waals surface area contributed by atoms with E-state index < -0.39 is 28.5 Å². The molecule has 1 spiro atoms. The number of anilines is 2. The number of carbonyl (C=O) groups is 2. The van der Waals surface area contributed by atoms with Crippen molar-refractivity contribution < 1.29 is 27.1 Å². The molecule has 0 atom stereocenters. The Kier molecular flexibility index (Phi) is 6.43. The Morgan fingerprint density at radius 2 is 1.90 bits per heavy atom. The zero-order valence-corrected chi connectivity index (χ0v) is 22.1. The fraction of sp³-hybridized carbons (Fsp3) is 0.357. The number of fused-ring (bicyclic) bond motifs is 1. The van der Waals surface area contributed by atoms with E-state index in [0.717, 1.165) is 25.1 Å². The molecule has 0 bridgehead atoms. The third kappa shape index (κ3) is 5.28. The first-order valence-electron chi connectivity index (χ1n) is 13.0. The number of rotatable bonds is 7. The normalized spacial score (nSPS) is 19.7. The molecule has 2 amide bonds. The third-order valence-corrected chi connectivity index (χ3v) is 9.05. The van der Waals surface area contributed by atoms with Crippen LogP contribution in [-0.4, -0.2) is 51.3 Å². The van der Waals surface area contributed by atoms with Crippen LogP contribution in [0.3, 0.4) is 0 Å². The highest BCUT2D eigenvalue weighted by molar-refractivity contribution is 7.92. The van der Waals surface area contributed by atoms with Crippen molar-refractivity contribution in [2.45, 2.75) is 32.3 Å². The van der Waals surface area contributed by atoms with Gasteiger partial charge in [-0.3, -0.25) is 14.5 Å². The molecule has 2 saturated heterocycles. The molecular formula is C28H29FN4O5S. The SMILES string of the molecule is O=C(CN1CCCC2(CC2)C1)Nc1ccc2c(F)c(N3CC(=O)NS3(=O)=O)c(OCc3ccccc3)cc2c1. The van der Waals surface area contributed by atoms with E-state index in [0.29, 0.717) is 27.3 Å². The van der Waals surface area contributed by atoms with E-state index in [-0.39, 0.29) is 29.3 Å². The smallest absolute Gasteiger partial charge is 0.326 e. The minimum absolute atomic E-state index is 0.0320. The van der Waals surface area contributed by atoms with Gasteiger partial charge in [0.2, 0.25) is 5.91 Å². The molecule has 9 nitrogen and oxygen atoms in total. The second-order valence-corrected chi connectivity index (χ2v) is 12.2. The first-order valence-corrected chi connectivity index (χ1v) is 14.4. The molecule has 0 radical (unpaired) electrons. The molecule has 3 aromatic rings. The summed E-state index contributed by atoms with van der Waals surface area (Å²) in [4.78, 5) is 26.9. The third-order valence-electron chi connectivity index (χ3n) is 7.67. The van der Waals surface area contributed by atoms with Crippen molar-refractivity contribution >= 4 is 44.2 Å². The Balaban J connectivity index is 1.29. The number of ether oxygens (including phenoxy) is 1.